The second kappa shape index (κ2) is 9.60. The van der Waals surface area contributed by atoms with Crippen LogP contribution in [-0.4, -0.2) is 48.5 Å². The first-order valence-corrected chi connectivity index (χ1v) is 10.6. The third-order valence-corrected chi connectivity index (χ3v) is 5.77. The van der Waals surface area contributed by atoms with Crippen LogP contribution in [0.4, 0.5) is 11.4 Å². The minimum absolute atomic E-state index is 0.0515. The molecule has 1 heterocycles. The lowest BCUT2D eigenvalue weighted by Gasteiger charge is -2.29. The first-order chi connectivity index (χ1) is 13.9. The molecule has 0 saturated carbocycles. The van der Waals surface area contributed by atoms with Crippen LogP contribution >= 0.6 is 11.8 Å². The number of rotatable bonds is 6. The molecule has 0 fully saturated rings. The van der Waals surface area contributed by atoms with E-state index in [1.165, 1.54) is 4.90 Å². The van der Waals surface area contributed by atoms with Crippen molar-refractivity contribution >= 4 is 40.9 Å². The van der Waals surface area contributed by atoms with Gasteiger partial charge in [0.05, 0.1) is 12.2 Å². The molecule has 0 aliphatic carbocycles. The van der Waals surface area contributed by atoms with Gasteiger partial charge in [0.1, 0.15) is 0 Å². The summed E-state index contributed by atoms with van der Waals surface area (Å²) in [6.07, 6.45) is 0.209. The molecule has 3 amide bonds. The zero-order valence-electron chi connectivity index (χ0n) is 16.7. The Kier molecular flexibility index (Phi) is 6.93. The molecular formula is C22H25N3O3S. The van der Waals surface area contributed by atoms with E-state index >= 15 is 0 Å². The number of nitrogens with zero attached hydrogens (tertiary/aromatic N) is 2. The number of hydrogen-bond acceptors (Lipinski definition) is 4. The number of aryl methyl sites for hydroxylation is 1. The van der Waals surface area contributed by atoms with Gasteiger partial charge in [0, 0.05) is 42.8 Å². The third-order valence-electron chi connectivity index (χ3n) is 4.72. The quantitative estimate of drug-likeness (QED) is 0.792. The van der Waals surface area contributed by atoms with Crippen molar-refractivity contribution in [2.75, 3.05) is 36.1 Å². The Bertz CT molecular complexity index is 898. The number of carbonyl (C=O) groups excluding carboxylic acids is 3. The predicted octanol–water partition coefficient (Wildman–Crippen LogP) is 3.31. The van der Waals surface area contributed by atoms with Gasteiger partial charge in [0.2, 0.25) is 17.7 Å². The highest BCUT2D eigenvalue weighted by Gasteiger charge is 2.23. The molecule has 2 aromatic carbocycles. The second-order valence-corrected chi connectivity index (χ2v) is 8.16. The molecule has 0 aromatic heterocycles. The fourth-order valence-corrected chi connectivity index (χ4v) is 4.10. The number of likely N-dealkylation sites (N-methyl/N-ethyl adjacent to an activating group) is 1. The lowest BCUT2D eigenvalue weighted by Crippen LogP contribution is -2.38. The maximum atomic E-state index is 12.6. The van der Waals surface area contributed by atoms with Crippen molar-refractivity contribution in [1.29, 1.82) is 0 Å². The zero-order chi connectivity index (χ0) is 20.8. The molecule has 29 heavy (non-hydrogen) atoms. The van der Waals surface area contributed by atoms with Crippen molar-refractivity contribution in [1.82, 2.24) is 4.90 Å². The normalized spacial score (nSPS) is 12.8. The van der Waals surface area contributed by atoms with E-state index in [1.807, 2.05) is 55.5 Å². The summed E-state index contributed by atoms with van der Waals surface area (Å²) in [5, 5.41) is 2.77. The minimum atomic E-state index is -0.266. The number of thioether (sulfide) groups is 1. The molecule has 0 spiro atoms. The van der Waals surface area contributed by atoms with Crippen molar-refractivity contribution in [3.05, 3.63) is 54.1 Å². The molecule has 6 nitrogen and oxygen atoms in total. The average Bonchev–Trinajstić information content (AvgIpc) is 2.72. The van der Waals surface area contributed by atoms with Gasteiger partial charge in [0.25, 0.3) is 0 Å². The molecule has 3 rings (SSSR count). The molecule has 0 saturated heterocycles. The largest absolute Gasteiger partial charge is 0.336 e. The topological polar surface area (TPSA) is 69.7 Å². The molecule has 2 aromatic rings. The molecule has 7 heteroatoms. The SMILES string of the molecule is Cc1ccc(NC(=O)CN(C)C(=O)CCC(=O)N2CCSc3ccccc32)cc1. The van der Waals surface area contributed by atoms with Gasteiger partial charge in [-0.05, 0) is 31.2 Å². The van der Waals surface area contributed by atoms with Gasteiger partial charge in [-0.25, -0.2) is 0 Å². The summed E-state index contributed by atoms with van der Waals surface area (Å²) < 4.78 is 0. The summed E-state index contributed by atoms with van der Waals surface area (Å²) in [7, 11) is 1.58. The summed E-state index contributed by atoms with van der Waals surface area (Å²) in [4.78, 5) is 41.4. The summed E-state index contributed by atoms with van der Waals surface area (Å²) >= 11 is 1.73. The second-order valence-electron chi connectivity index (χ2n) is 7.03. The van der Waals surface area contributed by atoms with Crippen molar-refractivity contribution in [2.45, 2.75) is 24.7 Å². The zero-order valence-corrected chi connectivity index (χ0v) is 17.5. The summed E-state index contributed by atoms with van der Waals surface area (Å²) in [6.45, 7) is 2.56. The Hall–Kier alpha value is -2.80. The first-order valence-electron chi connectivity index (χ1n) is 9.57. The highest BCUT2D eigenvalue weighted by Crippen LogP contribution is 2.34. The molecular weight excluding hydrogens is 386 g/mol. The van der Waals surface area contributed by atoms with Crippen molar-refractivity contribution < 1.29 is 14.4 Å². The first kappa shape index (κ1) is 20.9. The Balaban J connectivity index is 1.48. The molecule has 152 valence electrons. The van der Waals surface area contributed by atoms with Crippen molar-refractivity contribution in [3.8, 4) is 0 Å². The smallest absolute Gasteiger partial charge is 0.243 e. The molecule has 0 radical (unpaired) electrons. The van der Waals surface area contributed by atoms with Crippen LogP contribution in [0.1, 0.15) is 18.4 Å². The number of benzene rings is 2. The van der Waals surface area contributed by atoms with Crippen LogP contribution in [0.15, 0.2) is 53.4 Å². The number of para-hydroxylation sites is 1. The fourth-order valence-electron chi connectivity index (χ4n) is 3.11. The Morgan fingerprint density at radius 2 is 1.79 bits per heavy atom. The van der Waals surface area contributed by atoms with Gasteiger partial charge in [-0.1, -0.05) is 29.8 Å². The Morgan fingerprint density at radius 1 is 1.07 bits per heavy atom. The van der Waals surface area contributed by atoms with Crippen LogP contribution in [0.5, 0.6) is 0 Å². The lowest BCUT2D eigenvalue weighted by molar-refractivity contribution is -0.134. The predicted molar refractivity (Wildman–Crippen MR) is 116 cm³/mol. The van der Waals surface area contributed by atoms with Crippen LogP contribution in [0.3, 0.4) is 0 Å². The number of anilines is 2. The monoisotopic (exact) mass is 411 g/mol. The standard InChI is InChI=1S/C22H25N3O3S/c1-16-7-9-17(10-8-16)23-20(26)15-24(2)21(27)11-12-22(28)25-13-14-29-19-6-4-3-5-18(19)25/h3-10H,11-15H2,1-2H3,(H,23,26). The third kappa shape index (κ3) is 5.60. The van der Waals surface area contributed by atoms with Crippen LogP contribution in [0.2, 0.25) is 0 Å². The number of carbonyl (C=O) groups is 3. The minimum Gasteiger partial charge on any atom is -0.336 e. The van der Waals surface area contributed by atoms with Gasteiger partial charge in [-0.2, -0.15) is 0 Å². The number of nitrogens with one attached hydrogen (secondary N) is 1. The molecule has 0 atom stereocenters. The number of amides is 3. The molecule has 0 unspecified atom stereocenters. The van der Waals surface area contributed by atoms with E-state index < -0.39 is 0 Å². The maximum absolute atomic E-state index is 12.6. The van der Waals surface area contributed by atoms with Gasteiger partial charge in [-0.3, -0.25) is 14.4 Å². The molecule has 1 aliphatic heterocycles. The van der Waals surface area contributed by atoms with Crippen LogP contribution in [0.25, 0.3) is 0 Å². The van der Waals surface area contributed by atoms with Crippen LogP contribution in [-0.2, 0) is 14.4 Å². The molecule has 1 N–H and O–H groups in total. The fraction of sp³-hybridized carbons (Fsp3) is 0.318. The number of hydrogen-bond donors (Lipinski definition) is 1. The molecule has 0 bridgehead atoms. The maximum Gasteiger partial charge on any atom is 0.243 e. The van der Waals surface area contributed by atoms with Gasteiger partial charge < -0.3 is 15.1 Å². The van der Waals surface area contributed by atoms with Crippen LogP contribution < -0.4 is 10.2 Å². The van der Waals surface area contributed by atoms with E-state index in [9.17, 15) is 14.4 Å². The van der Waals surface area contributed by atoms with E-state index in [-0.39, 0.29) is 37.1 Å². The number of fused-ring (bicyclic) bond motifs is 1. The highest BCUT2D eigenvalue weighted by molar-refractivity contribution is 7.99. The van der Waals surface area contributed by atoms with E-state index in [0.717, 1.165) is 21.9 Å². The van der Waals surface area contributed by atoms with Crippen molar-refractivity contribution in [2.24, 2.45) is 0 Å². The van der Waals surface area contributed by atoms with E-state index in [0.29, 0.717) is 12.2 Å². The summed E-state index contributed by atoms with van der Waals surface area (Å²) in [5.41, 5.74) is 2.71. The summed E-state index contributed by atoms with van der Waals surface area (Å²) in [5.74, 6) is 0.286. The van der Waals surface area contributed by atoms with Crippen molar-refractivity contribution in [3.63, 3.8) is 0 Å². The van der Waals surface area contributed by atoms with E-state index in [1.54, 1.807) is 23.7 Å². The van der Waals surface area contributed by atoms with E-state index in [2.05, 4.69) is 5.32 Å². The molecule has 1 aliphatic rings. The van der Waals surface area contributed by atoms with Gasteiger partial charge in [0.15, 0.2) is 0 Å². The Morgan fingerprint density at radius 3 is 2.55 bits per heavy atom. The highest BCUT2D eigenvalue weighted by atomic mass is 32.2. The Labute approximate surface area is 175 Å². The van der Waals surface area contributed by atoms with Crippen LogP contribution in [0, 0.1) is 6.92 Å². The van der Waals surface area contributed by atoms with Gasteiger partial charge in [-0.15, -0.1) is 11.8 Å². The van der Waals surface area contributed by atoms with E-state index in [4.69, 9.17) is 0 Å². The average molecular weight is 412 g/mol. The summed E-state index contributed by atoms with van der Waals surface area (Å²) in [6, 6.07) is 15.3. The van der Waals surface area contributed by atoms with Gasteiger partial charge >= 0.3 is 0 Å². The lowest BCUT2D eigenvalue weighted by atomic mass is 10.2.